The highest BCUT2D eigenvalue weighted by Crippen LogP contribution is 2.38. The second-order valence-electron chi connectivity index (χ2n) is 5.07. The number of benzene rings is 1. The van der Waals surface area contributed by atoms with Gasteiger partial charge in [0.2, 0.25) is 5.91 Å². The van der Waals surface area contributed by atoms with Gasteiger partial charge in [0, 0.05) is 23.7 Å². The summed E-state index contributed by atoms with van der Waals surface area (Å²) in [6, 6.07) is 2.98. The molecule has 0 fully saturated rings. The molecule has 0 radical (unpaired) electrons. The third-order valence-corrected chi connectivity index (χ3v) is 4.60. The average Bonchev–Trinajstić information content (AvgIpc) is 2.95. The second-order valence-corrected chi connectivity index (χ2v) is 6.54. The van der Waals surface area contributed by atoms with E-state index in [0.29, 0.717) is 11.6 Å². The minimum absolute atomic E-state index is 0.198. The van der Waals surface area contributed by atoms with Gasteiger partial charge in [-0.3, -0.25) is 4.79 Å². The summed E-state index contributed by atoms with van der Waals surface area (Å²) in [5.74, 6) is -0.198. The number of nitrogens with zero attached hydrogens (tertiary/aromatic N) is 2. The molecule has 3 rings (SSSR count). The Morgan fingerprint density at radius 2 is 2.29 bits per heavy atom. The van der Waals surface area contributed by atoms with Gasteiger partial charge in [0.25, 0.3) is 0 Å². The molecule has 2 heterocycles. The fraction of sp³-hybridized carbons (Fsp3) is 0.286. The zero-order chi connectivity index (χ0) is 15.1. The number of anilines is 2. The maximum absolute atomic E-state index is 11.6. The van der Waals surface area contributed by atoms with Gasteiger partial charge < -0.3 is 16.0 Å². The zero-order valence-electron chi connectivity index (χ0n) is 11.7. The summed E-state index contributed by atoms with van der Waals surface area (Å²) in [7, 11) is 1.94. The first-order chi connectivity index (χ1) is 9.95. The lowest BCUT2D eigenvalue weighted by molar-refractivity contribution is -0.116. The highest BCUT2D eigenvalue weighted by atomic mass is 35.5. The van der Waals surface area contributed by atoms with E-state index in [-0.39, 0.29) is 5.91 Å². The monoisotopic (exact) mass is 322 g/mol. The molecule has 1 atom stereocenters. The molecule has 0 bridgehead atoms. The number of nitrogens with one attached hydrogen (secondary N) is 1. The van der Waals surface area contributed by atoms with Crippen LogP contribution in [-0.4, -0.2) is 17.9 Å². The average molecular weight is 323 g/mol. The molecule has 7 heteroatoms. The van der Waals surface area contributed by atoms with E-state index in [2.05, 4.69) is 10.3 Å². The van der Waals surface area contributed by atoms with E-state index in [9.17, 15) is 4.79 Å². The Hall–Kier alpha value is -1.63. The van der Waals surface area contributed by atoms with E-state index < -0.39 is 6.04 Å². The summed E-state index contributed by atoms with van der Waals surface area (Å²) in [6.07, 6.45) is 0. The molecule has 0 saturated carbocycles. The van der Waals surface area contributed by atoms with Crippen molar-refractivity contribution in [2.75, 3.05) is 17.3 Å². The lowest BCUT2D eigenvalue weighted by Gasteiger charge is -2.20. The first kappa shape index (κ1) is 14.3. The normalized spacial score (nSPS) is 16.8. The van der Waals surface area contributed by atoms with Gasteiger partial charge in [0.1, 0.15) is 6.04 Å². The Balaban J connectivity index is 1.89. The topological polar surface area (TPSA) is 71.2 Å². The molecule has 2 aromatic rings. The third kappa shape index (κ3) is 2.62. The van der Waals surface area contributed by atoms with Crippen molar-refractivity contribution in [3.8, 4) is 0 Å². The summed E-state index contributed by atoms with van der Waals surface area (Å²) in [5, 5.41) is 6.42. The maximum atomic E-state index is 11.6. The Bertz CT molecular complexity index is 715. The minimum atomic E-state index is -0.641. The predicted molar refractivity (Wildman–Crippen MR) is 86.0 cm³/mol. The Kier molecular flexibility index (Phi) is 3.61. The van der Waals surface area contributed by atoms with Crippen LogP contribution in [0.3, 0.4) is 0 Å². The van der Waals surface area contributed by atoms with E-state index in [4.69, 9.17) is 17.3 Å². The number of fused-ring (bicyclic) bond motifs is 1. The highest BCUT2D eigenvalue weighted by molar-refractivity contribution is 7.09. The lowest BCUT2D eigenvalue weighted by Crippen LogP contribution is -2.19. The summed E-state index contributed by atoms with van der Waals surface area (Å²) < 4.78 is 0. The molecule has 1 amide bonds. The molecule has 1 aromatic heterocycles. The quantitative estimate of drug-likeness (QED) is 0.911. The summed E-state index contributed by atoms with van der Waals surface area (Å²) in [4.78, 5) is 18.1. The van der Waals surface area contributed by atoms with Gasteiger partial charge in [0.05, 0.1) is 28.0 Å². The molecule has 1 aliphatic rings. The molecule has 110 valence electrons. The number of aromatic nitrogens is 1. The fourth-order valence-corrected chi connectivity index (χ4v) is 3.32. The van der Waals surface area contributed by atoms with Gasteiger partial charge in [0.15, 0.2) is 0 Å². The molecule has 0 saturated heterocycles. The maximum Gasteiger partial charge on any atom is 0.245 e. The number of carbonyl (C=O) groups is 1. The largest absolute Gasteiger partial charge is 0.367 e. The molecular formula is C14H15ClN4OS. The van der Waals surface area contributed by atoms with Gasteiger partial charge in [-0.25, -0.2) is 4.98 Å². The van der Waals surface area contributed by atoms with Gasteiger partial charge in [-0.05, 0) is 19.1 Å². The van der Waals surface area contributed by atoms with Crippen LogP contribution in [0.25, 0.3) is 0 Å². The molecule has 0 aliphatic carbocycles. The summed E-state index contributed by atoms with van der Waals surface area (Å²) in [6.45, 7) is 2.64. The molecule has 1 aliphatic heterocycles. The Labute approximate surface area is 131 Å². The molecule has 21 heavy (non-hydrogen) atoms. The third-order valence-electron chi connectivity index (χ3n) is 3.47. The van der Waals surface area contributed by atoms with E-state index >= 15 is 0 Å². The van der Waals surface area contributed by atoms with E-state index in [1.54, 1.807) is 17.4 Å². The highest BCUT2D eigenvalue weighted by Gasteiger charge is 2.28. The first-order valence-corrected chi connectivity index (χ1v) is 7.73. The Morgan fingerprint density at radius 3 is 2.95 bits per heavy atom. The van der Waals surface area contributed by atoms with Crippen molar-refractivity contribution < 1.29 is 4.79 Å². The lowest BCUT2D eigenvalue weighted by atomic mass is 10.1. The SMILES string of the molecule is Cc1nc(CN(C)c2cc3c(cc2Cl)C(N)C(=O)N3)cs1. The number of amides is 1. The summed E-state index contributed by atoms with van der Waals surface area (Å²) >= 11 is 7.96. The molecule has 3 N–H and O–H groups in total. The van der Waals surface area contributed by atoms with Crippen molar-refractivity contribution in [2.24, 2.45) is 5.73 Å². The van der Waals surface area contributed by atoms with Crippen LogP contribution in [0.2, 0.25) is 5.02 Å². The predicted octanol–water partition coefficient (Wildman–Crippen LogP) is 2.69. The van der Waals surface area contributed by atoms with Gasteiger partial charge in [-0.1, -0.05) is 11.6 Å². The number of aryl methyl sites for hydroxylation is 1. The standard InChI is InChI=1S/C14H15ClN4OS/c1-7-17-8(6-21-7)5-19(2)12-4-11-9(3-10(12)15)13(16)14(20)18-11/h3-4,6,13H,5,16H2,1-2H3,(H,18,20). The fourth-order valence-electron chi connectivity index (χ4n) is 2.40. The number of thiazole rings is 1. The van der Waals surface area contributed by atoms with Crippen molar-refractivity contribution in [3.05, 3.63) is 38.8 Å². The van der Waals surface area contributed by atoms with Crippen molar-refractivity contribution in [1.82, 2.24) is 4.98 Å². The molecule has 0 spiro atoms. The number of rotatable bonds is 3. The van der Waals surface area contributed by atoms with Crippen molar-refractivity contribution in [3.63, 3.8) is 0 Å². The van der Waals surface area contributed by atoms with Crippen LogP contribution in [0.5, 0.6) is 0 Å². The van der Waals surface area contributed by atoms with E-state index in [1.807, 2.05) is 30.3 Å². The van der Waals surface area contributed by atoms with Crippen LogP contribution in [0.15, 0.2) is 17.5 Å². The first-order valence-electron chi connectivity index (χ1n) is 6.47. The van der Waals surface area contributed by atoms with Crippen LogP contribution in [-0.2, 0) is 11.3 Å². The number of nitrogens with two attached hydrogens (primary N) is 1. The van der Waals surface area contributed by atoms with E-state index in [1.165, 1.54) is 0 Å². The van der Waals surface area contributed by atoms with Crippen LogP contribution in [0.4, 0.5) is 11.4 Å². The smallest absolute Gasteiger partial charge is 0.245 e. The van der Waals surface area contributed by atoms with Crippen LogP contribution >= 0.6 is 22.9 Å². The van der Waals surface area contributed by atoms with Crippen molar-refractivity contribution in [2.45, 2.75) is 19.5 Å². The molecule has 1 unspecified atom stereocenters. The number of halogens is 1. The minimum Gasteiger partial charge on any atom is -0.367 e. The second kappa shape index (κ2) is 5.29. The number of hydrogen-bond donors (Lipinski definition) is 2. The van der Waals surface area contributed by atoms with Gasteiger partial charge in [-0.15, -0.1) is 11.3 Å². The van der Waals surface area contributed by atoms with Gasteiger partial charge >= 0.3 is 0 Å². The zero-order valence-corrected chi connectivity index (χ0v) is 13.3. The number of carbonyl (C=O) groups excluding carboxylic acids is 1. The van der Waals surface area contributed by atoms with Crippen molar-refractivity contribution >= 4 is 40.2 Å². The summed E-state index contributed by atoms with van der Waals surface area (Å²) in [5.41, 5.74) is 9.13. The Morgan fingerprint density at radius 1 is 1.52 bits per heavy atom. The van der Waals surface area contributed by atoms with Crippen LogP contribution in [0.1, 0.15) is 22.3 Å². The van der Waals surface area contributed by atoms with Crippen molar-refractivity contribution in [1.29, 1.82) is 0 Å². The number of hydrogen-bond acceptors (Lipinski definition) is 5. The van der Waals surface area contributed by atoms with E-state index in [0.717, 1.165) is 27.6 Å². The molecular weight excluding hydrogens is 308 g/mol. The molecule has 1 aromatic carbocycles. The van der Waals surface area contributed by atoms with Crippen LogP contribution in [0, 0.1) is 6.92 Å². The molecule has 5 nitrogen and oxygen atoms in total. The van der Waals surface area contributed by atoms with Gasteiger partial charge in [-0.2, -0.15) is 0 Å². The van der Waals surface area contributed by atoms with Crippen LogP contribution < -0.4 is 16.0 Å².